The van der Waals surface area contributed by atoms with E-state index in [4.69, 9.17) is 0 Å². The molecule has 0 spiro atoms. The first-order valence-electron chi connectivity index (χ1n) is 5.40. The Morgan fingerprint density at radius 3 is 2.94 bits per heavy atom. The van der Waals surface area contributed by atoms with Crippen molar-refractivity contribution in [3.8, 4) is 0 Å². The number of amides is 1. The van der Waals surface area contributed by atoms with E-state index in [2.05, 4.69) is 30.5 Å². The number of imidazole rings is 1. The lowest BCUT2D eigenvalue weighted by Gasteiger charge is -2.12. The Kier molecular flexibility index (Phi) is 3.17. The van der Waals surface area contributed by atoms with Gasteiger partial charge in [-0.2, -0.15) is 0 Å². The summed E-state index contributed by atoms with van der Waals surface area (Å²) in [5, 5.41) is 9.26. The molecule has 0 fully saturated rings. The summed E-state index contributed by atoms with van der Waals surface area (Å²) < 4.78 is 0. The van der Waals surface area contributed by atoms with Crippen molar-refractivity contribution in [3.63, 3.8) is 0 Å². The van der Waals surface area contributed by atoms with Crippen LogP contribution in [0.2, 0.25) is 0 Å². The van der Waals surface area contributed by atoms with E-state index in [9.17, 15) is 4.79 Å². The van der Waals surface area contributed by atoms with E-state index in [1.807, 2.05) is 6.92 Å². The second kappa shape index (κ2) is 4.77. The first-order chi connectivity index (χ1) is 8.20. The number of aryl methyl sites for hydroxylation is 1. The molecule has 1 unspecified atom stereocenters. The molecule has 0 aliphatic heterocycles. The summed E-state index contributed by atoms with van der Waals surface area (Å²) in [5.74, 6) is 1.18. The number of hydrogen-bond acceptors (Lipinski definition) is 4. The van der Waals surface area contributed by atoms with Gasteiger partial charge < -0.3 is 10.3 Å². The number of nitrogens with one attached hydrogen (secondary N) is 3. The van der Waals surface area contributed by atoms with Gasteiger partial charge in [0.05, 0.1) is 6.04 Å². The van der Waals surface area contributed by atoms with E-state index in [0.717, 1.165) is 12.2 Å². The van der Waals surface area contributed by atoms with E-state index >= 15 is 0 Å². The zero-order valence-electron chi connectivity index (χ0n) is 9.69. The molecule has 0 aliphatic carbocycles. The fourth-order valence-corrected chi connectivity index (χ4v) is 1.50. The molecule has 90 valence electrons. The summed E-state index contributed by atoms with van der Waals surface area (Å²) in [6, 6.07) is -0.156. The van der Waals surface area contributed by atoms with Gasteiger partial charge in [-0.3, -0.25) is 9.89 Å². The van der Waals surface area contributed by atoms with Crippen LogP contribution >= 0.6 is 0 Å². The molecule has 2 aromatic heterocycles. The van der Waals surface area contributed by atoms with Gasteiger partial charge in [-0.1, -0.05) is 6.92 Å². The van der Waals surface area contributed by atoms with E-state index in [1.165, 1.54) is 0 Å². The van der Waals surface area contributed by atoms with Crippen LogP contribution < -0.4 is 5.32 Å². The van der Waals surface area contributed by atoms with Gasteiger partial charge in [-0.05, 0) is 13.3 Å². The summed E-state index contributed by atoms with van der Waals surface area (Å²) >= 11 is 0. The first-order valence-corrected chi connectivity index (χ1v) is 5.40. The molecule has 0 bridgehead atoms. The minimum absolute atomic E-state index is 0.146. The Morgan fingerprint density at radius 2 is 2.41 bits per heavy atom. The molecule has 0 saturated heterocycles. The standard InChI is InChI=1S/C10H14N6O/c1-3-7(8-11-4-5-12-8)14-10(17)9-13-6(2)15-16-9/h4-5,7H,3H2,1-2H3,(H,11,12)(H,14,17)(H,13,15,16). The third-order valence-corrected chi connectivity index (χ3v) is 2.36. The Morgan fingerprint density at radius 1 is 1.59 bits per heavy atom. The number of carbonyl (C=O) groups is 1. The number of aromatic amines is 2. The predicted octanol–water partition coefficient (Wildman–Crippen LogP) is 0.717. The third kappa shape index (κ3) is 2.49. The van der Waals surface area contributed by atoms with Crippen LogP contribution in [0.5, 0.6) is 0 Å². The van der Waals surface area contributed by atoms with Crippen LogP contribution in [0.3, 0.4) is 0 Å². The van der Waals surface area contributed by atoms with Crippen LogP contribution in [0.15, 0.2) is 12.4 Å². The summed E-state index contributed by atoms with van der Waals surface area (Å²) in [6.45, 7) is 3.71. The molecule has 2 rings (SSSR count). The third-order valence-electron chi connectivity index (χ3n) is 2.36. The van der Waals surface area contributed by atoms with E-state index in [0.29, 0.717) is 5.82 Å². The lowest BCUT2D eigenvalue weighted by atomic mass is 10.2. The molecule has 0 aliphatic rings. The van der Waals surface area contributed by atoms with Crippen LogP contribution in [0, 0.1) is 6.92 Å². The van der Waals surface area contributed by atoms with Gasteiger partial charge in [0.25, 0.3) is 5.91 Å². The van der Waals surface area contributed by atoms with Crippen molar-refractivity contribution in [2.24, 2.45) is 0 Å². The summed E-state index contributed by atoms with van der Waals surface area (Å²) in [5.41, 5.74) is 0. The van der Waals surface area contributed by atoms with Crippen molar-refractivity contribution < 1.29 is 4.79 Å². The quantitative estimate of drug-likeness (QED) is 0.725. The smallest absolute Gasteiger partial charge is 0.291 e. The molecule has 7 nitrogen and oxygen atoms in total. The number of rotatable bonds is 4. The molecule has 1 amide bonds. The Bertz CT molecular complexity index is 489. The van der Waals surface area contributed by atoms with Gasteiger partial charge in [0, 0.05) is 12.4 Å². The van der Waals surface area contributed by atoms with Crippen molar-refractivity contribution in [2.75, 3.05) is 0 Å². The minimum atomic E-state index is -0.308. The second-order valence-electron chi connectivity index (χ2n) is 3.65. The highest BCUT2D eigenvalue weighted by molar-refractivity contribution is 5.90. The largest absolute Gasteiger partial charge is 0.347 e. The lowest BCUT2D eigenvalue weighted by Crippen LogP contribution is -2.29. The number of nitrogens with zero attached hydrogens (tertiary/aromatic N) is 3. The number of aromatic nitrogens is 5. The fraction of sp³-hybridized carbons (Fsp3) is 0.400. The highest BCUT2D eigenvalue weighted by Gasteiger charge is 2.18. The number of H-pyrrole nitrogens is 2. The second-order valence-corrected chi connectivity index (χ2v) is 3.65. The zero-order chi connectivity index (χ0) is 12.3. The molecule has 3 N–H and O–H groups in total. The van der Waals surface area contributed by atoms with Crippen molar-refractivity contribution >= 4 is 5.91 Å². The summed E-state index contributed by atoms with van der Waals surface area (Å²) in [6.07, 6.45) is 4.12. The molecule has 0 radical (unpaired) electrons. The van der Waals surface area contributed by atoms with Crippen LogP contribution in [-0.2, 0) is 0 Å². The van der Waals surface area contributed by atoms with Crippen molar-refractivity contribution in [1.82, 2.24) is 30.5 Å². The van der Waals surface area contributed by atoms with Crippen LogP contribution in [0.4, 0.5) is 0 Å². The lowest BCUT2D eigenvalue weighted by molar-refractivity contribution is 0.0923. The van der Waals surface area contributed by atoms with Gasteiger partial charge in [-0.15, -0.1) is 5.10 Å². The Balaban J connectivity index is 2.07. The maximum absolute atomic E-state index is 11.8. The van der Waals surface area contributed by atoms with Gasteiger partial charge in [0.2, 0.25) is 5.82 Å². The molecule has 2 aromatic rings. The van der Waals surface area contributed by atoms with Crippen molar-refractivity contribution in [3.05, 3.63) is 29.9 Å². The van der Waals surface area contributed by atoms with Crippen LogP contribution in [-0.4, -0.2) is 31.1 Å². The molecule has 17 heavy (non-hydrogen) atoms. The van der Waals surface area contributed by atoms with Crippen molar-refractivity contribution in [2.45, 2.75) is 26.3 Å². The van der Waals surface area contributed by atoms with Crippen molar-refractivity contribution in [1.29, 1.82) is 0 Å². The number of carbonyl (C=O) groups excluding carboxylic acids is 1. The predicted molar refractivity (Wildman–Crippen MR) is 60.2 cm³/mol. The van der Waals surface area contributed by atoms with Gasteiger partial charge in [0.15, 0.2) is 0 Å². The topological polar surface area (TPSA) is 99.3 Å². The monoisotopic (exact) mass is 234 g/mol. The molecule has 1 atom stereocenters. The molecular weight excluding hydrogens is 220 g/mol. The average molecular weight is 234 g/mol. The Labute approximate surface area is 98.1 Å². The maximum Gasteiger partial charge on any atom is 0.291 e. The first kappa shape index (κ1) is 11.3. The average Bonchev–Trinajstić information content (AvgIpc) is 2.96. The SMILES string of the molecule is CCC(NC(=O)c1n[nH]c(C)n1)c1ncc[nH]1. The zero-order valence-corrected chi connectivity index (χ0v) is 9.69. The summed E-state index contributed by atoms with van der Waals surface area (Å²) in [7, 11) is 0. The summed E-state index contributed by atoms with van der Waals surface area (Å²) in [4.78, 5) is 22.9. The van der Waals surface area contributed by atoms with E-state index in [-0.39, 0.29) is 17.8 Å². The van der Waals surface area contributed by atoms with Gasteiger partial charge in [0.1, 0.15) is 11.6 Å². The minimum Gasteiger partial charge on any atom is -0.347 e. The highest BCUT2D eigenvalue weighted by atomic mass is 16.2. The maximum atomic E-state index is 11.8. The molecule has 0 aromatic carbocycles. The highest BCUT2D eigenvalue weighted by Crippen LogP contribution is 2.11. The van der Waals surface area contributed by atoms with Gasteiger partial charge in [-0.25, -0.2) is 9.97 Å². The molecule has 0 saturated carbocycles. The van der Waals surface area contributed by atoms with E-state index < -0.39 is 0 Å². The van der Waals surface area contributed by atoms with Crippen LogP contribution in [0.1, 0.15) is 41.7 Å². The van der Waals surface area contributed by atoms with E-state index in [1.54, 1.807) is 19.3 Å². The molecular formula is C10H14N6O. The molecule has 7 heteroatoms. The normalized spacial score (nSPS) is 12.4. The van der Waals surface area contributed by atoms with Crippen LogP contribution in [0.25, 0.3) is 0 Å². The Hall–Kier alpha value is -2.18. The van der Waals surface area contributed by atoms with Gasteiger partial charge >= 0.3 is 0 Å². The number of hydrogen-bond donors (Lipinski definition) is 3. The fourth-order valence-electron chi connectivity index (χ4n) is 1.50. The molecule has 2 heterocycles.